The Morgan fingerprint density at radius 1 is 1.47 bits per heavy atom. The SMILES string of the molecule is O=C(O)Cn1cc([N+](=O)[O-])nc1[N+](=O)[O-]. The molecular formula is C5H4N4O6. The summed E-state index contributed by atoms with van der Waals surface area (Å²) in [5.74, 6) is -2.99. The van der Waals surface area contributed by atoms with Crippen LogP contribution in [0, 0.1) is 20.2 Å². The molecule has 1 heterocycles. The van der Waals surface area contributed by atoms with Crippen LogP contribution in [0.5, 0.6) is 0 Å². The van der Waals surface area contributed by atoms with Crippen molar-refractivity contribution in [1.82, 2.24) is 9.55 Å². The molecule has 1 N–H and O–H groups in total. The molecule has 1 aromatic heterocycles. The molecule has 0 unspecified atom stereocenters. The largest absolute Gasteiger partial charge is 0.479 e. The van der Waals surface area contributed by atoms with Gasteiger partial charge in [0.25, 0.3) is 0 Å². The Kier molecular flexibility index (Phi) is 2.60. The molecule has 0 aliphatic rings. The number of carboxylic acids is 1. The van der Waals surface area contributed by atoms with Crippen molar-refractivity contribution in [3.05, 3.63) is 26.4 Å². The van der Waals surface area contributed by atoms with Gasteiger partial charge in [-0.1, -0.05) is 0 Å². The lowest BCUT2D eigenvalue weighted by Gasteiger charge is -1.95. The van der Waals surface area contributed by atoms with Gasteiger partial charge in [0.15, 0.2) is 12.7 Å². The summed E-state index contributed by atoms with van der Waals surface area (Å²) in [5, 5.41) is 29.0. The Morgan fingerprint density at radius 3 is 2.47 bits per heavy atom. The average Bonchev–Trinajstić information content (AvgIpc) is 2.46. The van der Waals surface area contributed by atoms with Crippen LogP contribution >= 0.6 is 0 Å². The molecule has 15 heavy (non-hydrogen) atoms. The minimum Gasteiger partial charge on any atom is -0.479 e. The van der Waals surface area contributed by atoms with Gasteiger partial charge in [-0.2, -0.15) is 0 Å². The van der Waals surface area contributed by atoms with Gasteiger partial charge in [-0.3, -0.25) is 0 Å². The molecular weight excluding hydrogens is 212 g/mol. The van der Waals surface area contributed by atoms with E-state index in [1.165, 1.54) is 0 Å². The molecule has 10 heteroatoms. The zero-order chi connectivity index (χ0) is 11.6. The van der Waals surface area contributed by atoms with Gasteiger partial charge in [0.1, 0.15) is 0 Å². The molecule has 1 rings (SSSR count). The Labute approximate surface area is 81.1 Å². The van der Waals surface area contributed by atoms with E-state index in [1.807, 2.05) is 0 Å². The third kappa shape index (κ3) is 2.24. The number of carboxylic acid groups (broad SMARTS) is 1. The lowest BCUT2D eigenvalue weighted by atomic mass is 10.6. The molecule has 0 saturated carbocycles. The minimum absolute atomic E-state index is 0.584. The second-order valence-electron chi connectivity index (χ2n) is 2.43. The van der Waals surface area contributed by atoms with Crippen molar-refractivity contribution in [3.63, 3.8) is 0 Å². The molecule has 10 nitrogen and oxygen atoms in total. The number of rotatable bonds is 4. The number of aliphatic carboxylic acids is 1. The monoisotopic (exact) mass is 216 g/mol. The van der Waals surface area contributed by atoms with E-state index in [2.05, 4.69) is 4.98 Å². The third-order valence-electron chi connectivity index (χ3n) is 1.40. The molecule has 0 saturated heterocycles. The molecule has 0 atom stereocenters. The standard InChI is InChI=1S/C5H4N4O6/c10-4(11)2-7-1-3(8(12)13)6-5(7)9(14)15/h1H,2H2,(H,10,11). The summed E-state index contributed by atoms with van der Waals surface area (Å²) in [5.41, 5.74) is 0. The van der Waals surface area contributed by atoms with Crippen LogP contribution in [0.15, 0.2) is 6.20 Å². The van der Waals surface area contributed by atoms with Crippen molar-refractivity contribution in [3.8, 4) is 0 Å². The molecule has 0 bridgehead atoms. The Hall–Kier alpha value is -2.52. The zero-order valence-electron chi connectivity index (χ0n) is 7.06. The van der Waals surface area contributed by atoms with Gasteiger partial charge < -0.3 is 25.3 Å². The van der Waals surface area contributed by atoms with E-state index < -0.39 is 34.1 Å². The Balaban J connectivity index is 3.17. The van der Waals surface area contributed by atoms with Crippen molar-refractivity contribution in [2.45, 2.75) is 6.54 Å². The van der Waals surface area contributed by atoms with Crippen LogP contribution < -0.4 is 0 Å². The van der Waals surface area contributed by atoms with Crippen LogP contribution in [0.1, 0.15) is 0 Å². The highest BCUT2D eigenvalue weighted by Crippen LogP contribution is 2.16. The highest BCUT2D eigenvalue weighted by atomic mass is 16.6. The van der Waals surface area contributed by atoms with Gasteiger partial charge >= 0.3 is 17.7 Å². The molecule has 1 aromatic rings. The first-order valence-corrected chi connectivity index (χ1v) is 3.49. The van der Waals surface area contributed by atoms with E-state index in [4.69, 9.17) is 5.11 Å². The predicted octanol–water partition coefficient (Wildman–Crippen LogP) is -0.216. The first-order valence-electron chi connectivity index (χ1n) is 3.49. The maximum Gasteiger partial charge on any atom is 0.439 e. The first-order chi connectivity index (χ1) is 6.91. The lowest BCUT2D eigenvalue weighted by molar-refractivity contribution is -0.403. The van der Waals surface area contributed by atoms with Gasteiger partial charge in [-0.05, 0) is 14.8 Å². The fourth-order valence-corrected chi connectivity index (χ4v) is 0.888. The van der Waals surface area contributed by atoms with Crippen molar-refractivity contribution >= 4 is 17.7 Å². The van der Waals surface area contributed by atoms with Crippen LogP contribution in [0.4, 0.5) is 11.8 Å². The number of imidazole rings is 1. The van der Waals surface area contributed by atoms with Crippen LogP contribution in [0.3, 0.4) is 0 Å². The number of aromatic nitrogens is 2. The first kappa shape index (κ1) is 10.6. The van der Waals surface area contributed by atoms with E-state index in [-0.39, 0.29) is 0 Å². The molecule has 0 radical (unpaired) electrons. The molecule has 0 aromatic carbocycles. The van der Waals surface area contributed by atoms with Crippen molar-refractivity contribution in [2.24, 2.45) is 0 Å². The van der Waals surface area contributed by atoms with Gasteiger partial charge in [0, 0.05) is 0 Å². The maximum absolute atomic E-state index is 10.3. The Morgan fingerprint density at radius 2 is 2.07 bits per heavy atom. The van der Waals surface area contributed by atoms with Crippen LogP contribution in [-0.4, -0.2) is 30.5 Å². The van der Waals surface area contributed by atoms with Gasteiger partial charge in [-0.15, -0.1) is 0 Å². The molecule has 0 spiro atoms. The number of hydrogen-bond donors (Lipinski definition) is 1. The highest BCUT2D eigenvalue weighted by Gasteiger charge is 2.24. The fourth-order valence-electron chi connectivity index (χ4n) is 0.888. The van der Waals surface area contributed by atoms with E-state index >= 15 is 0 Å². The van der Waals surface area contributed by atoms with Crippen LogP contribution in [0.2, 0.25) is 0 Å². The van der Waals surface area contributed by atoms with E-state index in [0.717, 1.165) is 0 Å². The van der Waals surface area contributed by atoms with Gasteiger partial charge in [-0.25, -0.2) is 9.36 Å². The van der Waals surface area contributed by atoms with Gasteiger partial charge in [0.2, 0.25) is 0 Å². The highest BCUT2D eigenvalue weighted by molar-refractivity contribution is 5.67. The van der Waals surface area contributed by atoms with Crippen molar-refractivity contribution in [2.75, 3.05) is 0 Å². The smallest absolute Gasteiger partial charge is 0.439 e. The summed E-state index contributed by atoms with van der Waals surface area (Å²) in [6, 6.07) is 0. The molecule has 0 amide bonds. The summed E-state index contributed by atoms with van der Waals surface area (Å²) in [6.45, 7) is -0.753. The average molecular weight is 216 g/mol. The molecule has 80 valence electrons. The zero-order valence-corrected chi connectivity index (χ0v) is 7.06. The fraction of sp³-hybridized carbons (Fsp3) is 0.200. The quantitative estimate of drug-likeness (QED) is 0.541. The van der Waals surface area contributed by atoms with E-state index in [9.17, 15) is 25.0 Å². The normalized spacial score (nSPS) is 9.87. The van der Waals surface area contributed by atoms with Crippen molar-refractivity contribution < 1.29 is 19.7 Å². The summed E-state index contributed by atoms with van der Waals surface area (Å²) in [7, 11) is 0. The van der Waals surface area contributed by atoms with Gasteiger partial charge in [0.05, 0.1) is 0 Å². The van der Waals surface area contributed by atoms with Crippen molar-refractivity contribution in [1.29, 1.82) is 0 Å². The number of nitro groups is 2. The second-order valence-corrected chi connectivity index (χ2v) is 2.43. The predicted molar refractivity (Wildman–Crippen MR) is 43.2 cm³/mol. The van der Waals surface area contributed by atoms with Crippen LogP contribution in [0.25, 0.3) is 0 Å². The van der Waals surface area contributed by atoms with E-state index in [1.54, 1.807) is 0 Å². The molecule has 0 aliphatic heterocycles. The number of nitrogens with zero attached hydrogens (tertiary/aromatic N) is 4. The summed E-state index contributed by atoms with van der Waals surface area (Å²) >= 11 is 0. The summed E-state index contributed by atoms with van der Waals surface area (Å²) in [6.07, 6.45) is 0.701. The third-order valence-corrected chi connectivity index (χ3v) is 1.40. The Bertz CT molecular complexity index is 437. The topological polar surface area (TPSA) is 141 Å². The number of carbonyl (C=O) groups is 1. The number of hydrogen-bond acceptors (Lipinski definition) is 6. The van der Waals surface area contributed by atoms with E-state index in [0.29, 0.717) is 10.8 Å². The minimum atomic E-state index is -1.36. The van der Waals surface area contributed by atoms with Crippen LogP contribution in [-0.2, 0) is 11.3 Å². The molecule has 0 fully saturated rings. The lowest BCUT2D eigenvalue weighted by Crippen LogP contribution is -2.10. The second kappa shape index (κ2) is 3.69. The summed E-state index contributed by atoms with van der Waals surface area (Å²) < 4.78 is 0.584. The summed E-state index contributed by atoms with van der Waals surface area (Å²) in [4.78, 5) is 32.0. The maximum atomic E-state index is 10.3. The molecule has 0 aliphatic carbocycles.